The summed E-state index contributed by atoms with van der Waals surface area (Å²) in [6, 6.07) is 0. The maximum Gasteiger partial charge on any atom is 0.218 e. The van der Waals surface area contributed by atoms with Gasteiger partial charge in [0.25, 0.3) is 0 Å². The zero-order valence-corrected chi connectivity index (χ0v) is 11.9. The summed E-state index contributed by atoms with van der Waals surface area (Å²) in [6.07, 6.45) is 1.45. The molecule has 0 unspecified atom stereocenters. The molecular weight excluding hydrogens is 270 g/mol. The molecular formula is C10H19N5O3S. The summed E-state index contributed by atoms with van der Waals surface area (Å²) < 4.78 is 24.7. The van der Waals surface area contributed by atoms with Gasteiger partial charge in [0.05, 0.1) is 29.8 Å². The second kappa shape index (κ2) is 5.66. The van der Waals surface area contributed by atoms with E-state index in [1.54, 1.807) is 20.0 Å². The number of sulfone groups is 1. The first-order chi connectivity index (χ1) is 8.60. The summed E-state index contributed by atoms with van der Waals surface area (Å²) in [5.41, 5.74) is 10.7. The summed E-state index contributed by atoms with van der Waals surface area (Å²) in [5, 5.41) is 7.69. The van der Waals surface area contributed by atoms with E-state index in [0.717, 1.165) is 0 Å². The van der Waals surface area contributed by atoms with Crippen LogP contribution in [0.3, 0.4) is 0 Å². The maximum absolute atomic E-state index is 11.6. The smallest absolute Gasteiger partial charge is 0.218 e. The molecule has 1 amide bonds. The molecule has 0 aliphatic carbocycles. The fourth-order valence-corrected chi connectivity index (χ4v) is 2.48. The van der Waals surface area contributed by atoms with Gasteiger partial charge in [-0.2, -0.15) is 0 Å². The van der Waals surface area contributed by atoms with Crippen molar-refractivity contribution < 1.29 is 13.2 Å². The van der Waals surface area contributed by atoms with E-state index in [9.17, 15) is 13.2 Å². The first-order valence-corrected chi connectivity index (χ1v) is 7.60. The summed E-state index contributed by atoms with van der Waals surface area (Å²) in [4.78, 5) is 10.6. The molecule has 1 aromatic rings. The first kappa shape index (κ1) is 15.6. The SMILES string of the molecule is CC(C)(N)c1cn(CCS(=O)(=O)CCC(N)=O)nn1. The predicted octanol–water partition coefficient (Wildman–Crippen LogP) is -1.24. The predicted molar refractivity (Wildman–Crippen MR) is 69.7 cm³/mol. The Balaban J connectivity index is 2.57. The number of hydrogen-bond acceptors (Lipinski definition) is 6. The number of aromatic nitrogens is 3. The van der Waals surface area contributed by atoms with E-state index in [0.29, 0.717) is 5.69 Å². The van der Waals surface area contributed by atoms with Gasteiger partial charge in [-0.1, -0.05) is 5.21 Å². The van der Waals surface area contributed by atoms with Crippen molar-refractivity contribution in [3.8, 4) is 0 Å². The summed E-state index contributed by atoms with van der Waals surface area (Å²) in [7, 11) is -3.32. The van der Waals surface area contributed by atoms with Crippen LogP contribution in [0.25, 0.3) is 0 Å². The van der Waals surface area contributed by atoms with Crippen molar-refractivity contribution in [1.82, 2.24) is 15.0 Å². The van der Waals surface area contributed by atoms with Gasteiger partial charge in [0.15, 0.2) is 9.84 Å². The van der Waals surface area contributed by atoms with Gasteiger partial charge in [-0.15, -0.1) is 5.10 Å². The zero-order valence-electron chi connectivity index (χ0n) is 11.0. The van der Waals surface area contributed by atoms with E-state index >= 15 is 0 Å². The molecule has 0 aliphatic heterocycles. The van der Waals surface area contributed by atoms with Crippen LogP contribution in [0.4, 0.5) is 0 Å². The molecule has 8 nitrogen and oxygen atoms in total. The fraction of sp³-hybridized carbons (Fsp3) is 0.700. The van der Waals surface area contributed by atoms with E-state index in [2.05, 4.69) is 10.3 Å². The zero-order chi connectivity index (χ0) is 14.7. The van der Waals surface area contributed by atoms with Gasteiger partial charge in [0.1, 0.15) is 5.69 Å². The van der Waals surface area contributed by atoms with E-state index in [-0.39, 0.29) is 24.5 Å². The van der Waals surface area contributed by atoms with Crippen molar-refractivity contribution in [2.24, 2.45) is 11.5 Å². The molecule has 108 valence electrons. The van der Waals surface area contributed by atoms with Crippen LogP contribution in [0.2, 0.25) is 0 Å². The average Bonchev–Trinajstić information content (AvgIpc) is 2.72. The van der Waals surface area contributed by atoms with E-state index in [1.807, 2.05) is 0 Å². The van der Waals surface area contributed by atoms with Crippen molar-refractivity contribution in [3.63, 3.8) is 0 Å². The second-order valence-electron chi connectivity index (χ2n) is 4.96. The van der Waals surface area contributed by atoms with E-state index in [4.69, 9.17) is 11.5 Å². The molecule has 0 saturated heterocycles. The Kier molecular flexibility index (Phi) is 4.64. The molecule has 0 atom stereocenters. The Labute approximate surface area is 112 Å². The Morgan fingerprint density at radius 1 is 1.42 bits per heavy atom. The van der Waals surface area contributed by atoms with Gasteiger partial charge in [-0.05, 0) is 13.8 Å². The van der Waals surface area contributed by atoms with Crippen LogP contribution in [-0.2, 0) is 26.7 Å². The first-order valence-electron chi connectivity index (χ1n) is 5.78. The van der Waals surface area contributed by atoms with Gasteiger partial charge in [-0.3, -0.25) is 9.48 Å². The lowest BCUT2D eigenvalue weighted by Crippen LogP contribution is -2.29. The third-order valence-corrected chi connectivity index (χ3v) is 4.12. The average molecular weight is 289 g/mol. The molecule has 0 aromatic carbocycles. The molecule has 0 saturated carbocycles. The highest BCUT2D eigenvalue weighted by Gasteiger charge is 2.19. The van der Waals surface area contributed by atoms with Gasteiger partial charge in [0.2, 0.25) is 5.91 Å². The lowest BCUT2D eigenvalue weighted by molar-refractivity contribution is -0.117. The van der Waals surface area contributed by atoms with Crippen molar-refractivity contribution in [2.45, 2.75) is 32.4 Å². The van der Waals surface area contributed by atoms with Crippen LogP contribution < -0.4 is 11.5 Å². The van der Waals surface area contributed by atoms with Crippen molar-refractivity contribution in [1.29, 1.82) is 0 Å². The Morgan fingerprint density at radius 2 is 2.05 bits per heavy atom. The minimum atomic E-state index is -3.32. The molecule has 9 heteroatoms. The lowest BCUT2D eigenvalue weighted by Gasteiger charge is -2.13. The van der Waals surface area contributed by atoms with E-state index < -0.39 is 21.3 Å². The molecule has 1 heterocycles. The molecule has 0 radical (unpaired) electrons. The minimum Gasteiger partial charge on any atom is -0.370 e. The number of amides is 1. The van der Waals surface area contributed by atoms with Crippen LogP contribution in [0.1, 0.15) is 26.0 Å². The monoisotopic (exact) mass is 289 g/mol. The quantitative estimate of drug-likeness (QED) is 0.645. The standard InChI is InChI=1S/C10H19N5O3S/c1-10(2,12)8-7-15(14-13-8)4-6-19(17,18)5-3-9(11)16/h7H,3-6,12H2,1-2H3,(H2,11,16). The number of carbonyl (C=O) groups excluding carboxylic acids is 1. The molecule has 0 spiro atoms. The van der Waals surface area contributed by atoms with Crippen molar-refractivity contribution in [2.75, 3.05) is 11.5 Å². The number of nitrogens with zero attached hydrogens (tertiary/aromatic N) is 3. The normalized spacial score (nSPS) is 12.6. The number of nitrogens with two attached hydrogens (primary N) is 2. The topological polar surface area (TPSA) is 134 Å². The summed E-state index contributed by atoms with van der Waals surface area (Å²) in [5.74, 6) is -0.989. The summed E-state index contributed by atoms with van der Waals surface area (Å²) in [6.45, 7) is 3.74. The molecule has 19 heavy (non-hydrogen) atoms. The van der Waals surface area contributed by atoms with E-state index in [1.165, 1.54) is 4.68 Å². The molecule has 0 fully saturated rings. The second-order valence-corrected chi connectivity index (χ2v) is 7.26. The Morgan fingerprint density at radius 3 is 2.53 bits per heavy atom. The van der Waals surface area contributed by atoms with Gasteiger partial charge >= 0.3 is 0 Å². The number of carbonyl (C=O) groups is 1. The Bertz CT molecular complexity index is 544. The number of rotatable bonds is 7. The van der Waals surface area contributed by atoms with Gasteiger partial charge < -0.3 is 11.5 Å². The maximum atomic E-state index is 11.6. The largest absolute Gasteiger partial charge is 0.370 e. The van der Waals surface area contributed by atoms with Gasteiger partial charge in [-0.25, -0.2) is 8.42 Å². The Hall–Kier alpha value is -1.48. The minimum absolute atomic E-state index is 0.117. The van der Waals surface area contributed by atoms with Crippen LogP contribution in [0.5, 0.6) is 0 Å². The molecule has 1 rings (SSSR count). The third-order valence-electron chi connectivity index (χ3n) is 2.49. The molecule has 0 bridgehead atoms. The number of primary amides is 1. The molecule has 0 aliphatic rings. The van der Waals surface area contributed by atoms with Crippen LogP contribution in [0.15, 0.2) is 6.20 Å². The lowest BCUT2D eigenvalue weighted by atomic mass is 10.0. The van der Waals surface area contributed by atoms with Crippen LogP contribution in [-0.4, -0.2) is 40.8 Å². The van der Waals surface area contributed by atoms with Gasteiger partial charge in [0, 0.05) is 6.42 Å². The molecule has 4 N–H and O–H groups in total. The van der Waals surface area contributed by atoms with Crippen molar-refractivity contribution in [3.05, 3.63) is 11.9 Å². The third kappa shape index (κ3) is 5.35. The molecule has 1 aromatic heterocycles. The van der Waals surface area contributed by atoms with Crippen LogP contribution in [0, 0.1) is 0 Å². The number of aryl methyl sites for hydroxylation is 1. The van der Waals surface area contributed by atoms with Crippen molar-refractivity contribution >= 4 is 15.7 Å². The highest BCUT2D eigenvalue weighted by atomic mass is 32.2. The number of hydrogen-bond donors (Lipinski definition) is 2. The fourth-order valence-electron chi connectivity index (χ4n) is 1.29. The highest BCUT2D eigenvalue weighted by molar-refractivity contribution is 7.91. The van der Waals surface area contributed by atoms with Crippen LogP contribution >= 0.6 is 0 Å². The summed E-state index contributed by atoms with van der Waals surface area (Å²) >= 11 is 0. The highest BCUT2D eigenvalue weighted by Crippen LogP contribution is 2.12.